The molecule has 0 aromatic heterocycles. The van der Waals surface area contributed by atoms with Crippen LogP contribution in [0.25, 0.3) is 0 Å². The van der Waals surface area contributed by atoms with E-state index in [-0.39, 0.29) is 5.91 Å². The van der Waals surface area contributed by atoms with Crippen molar-refractivity contribution in [2.75, 3.05) is 6.61 Å². The smallest absolute Gasteiger partial charge is 0.254 e. The molecule has 2 fully saturated rings. The molecule has 1 aromatic carbocycles. The zero-order valence-corrected chi connectivity index (χ0v) is 13.0. The van der Waals surface area contributed by atoms with E-state index in [0.29, 0.717) is 18.7 Å². The number of likely N-dealkylation sites (tertiary alicyclic amines) is 1. The van der Waals surface area contributed by atoms with E-state index in [2.05, 4.69) is 11.8 Å². The molecule has 2 aliphatic rings. The van der Waals surface area contributed by atoms with Crippen molar-refractivity contribution >= 4 is 5.91 Å². The molecule has 114 valence electrons. The van der Waals surface area contributed by atoms with Crippen LogP contribution < -0.4 is 4.74 Å². The van der Waals surface area contributed by atoms with Gasteiger partial charge in [0.25, 0.3) is 5.91 Å². The number of carbonyl (C=O) groups excluding carboxylic acids is 1. The van der Waals surface area contributed by atoms with E-state index in [9.17, 15) is 4.79 Å². The Morgan fingerprint density at radius 2 is 1.95 bits per heavy atom. The van der Waals surface area contributed by atoms with Crippen molar-refractivity contribution in [2.45, 2.75) is 58.0 Å². The van der Waals surface area contributed by atoms with Crippen molar-refractivity contribution in [2.24, 2.45) is 5.92 Å². The quantitative estimate of drug-likeness (QED) is 0.844. The fourth-order valence-corrected chi connectivity index (χ4v) is 4.07. The van der Waals surface area contributed by atoms with Gasteiger partial charge in [0.05, 0.1) is 6.61 Å². The highest BCUT2D eigenvalue weighted by Gasteiger charge is 2.42. The van der Waals surface area contributed by atoms with Gasteiger partial charge < -0.3 is 9.64 Å². The highest BCUT2D eigenvalue weighted by molar-refractivity contribution is 5.95. The van der Waals surface area contributed by atoms with E-state index >= 15 is 0 Å². The molecule has 1 aliphatic heterocycles. The number of hydrogen-bond donors (Lipinski definition) is 0. The molecular formula is C18H25NO2. The molecule has 1 saturated carbocycles. The molecule has 3 atom stereocenters. The van der Waals surface area contributed by atoms with E-state index in [4.69, 9.17) is 4.74 Å². The maximum absolute atomic E-state index is 12.9. The average Bonchev–Trinajstić information content (AvgIpc) is 2.83. The molecule has 1 saturated heterocycles. The Kier molecular flexibility index (Phi) is 4.18. The summed E-state index contributed by atoms with van der Waals surface area (Å²) < 4.78 is 5.45. The van der Waals surface area contributed by atoms with Crippen LogP contribution >= 0.6 is 0 Å². The first-order chi connectivity index (χ1) is 10.2. The van der Waals surface area contributed by atoms with Crippen molar-refractivity contribution in [3.8, 4) is 5.75 Å². The van der Waals surface area contributed by atoms with Crippen LogP contribution in [-0.4, -0.2) is 29.5 Å². The van der Waals surface area contributed by atoms with Gasteiger partial charge in [0.1, 0.15) is 5.75 Å². The minimum atomic E-state index is 0.194. The summed E-state index contributed by atoms with van der Waals surface area (Å²) in [5.41, 5.74) is 0.788. The van der Waals surface area contributed by atoms with Gasteiger partial charge in [0.2, 0.25) is 0 Å². The molecule has 3 heteroatoms. The molecule has 0 radical (unpaired) electrons. The van der Waals surface area contributed by atoms with Crippen molar-refractivity contribution in [1.82, 2.24) is 4.90 Å². The fraction of sp³-hybridized carbons (Fsp3) is 0.611. The SMILES string of the molecule is CCOc1ccc(C(=O)N2C(C)CC3CCCCC32)cc1. The van der Waals surface area contributed by atoms with Gasteiger partial charge in [0.15, 0.2) is 0 Å². The molecule has 1 aliphatic carbocycles. The van der Waals surface area contributed by atoms with Gasteiger partial charge in [-0.1, -0.05) is 12.8 Å². The predicted molar refractivity (Wildman–Crippen MR) is 83.6 cm³/mol. The van der Waals surface area contributed by atoms with Gasteiger partial charge in [-0.15, -0.1) is 0 Å². The fourth-order valence-electron chi connectivity index (χ4n) is 4.07. The summed E-state index contributed by atoms with van der Waals surface area (Å²) in [4.78, 5) is 15.0. The van der Waals surface area contributed by atoms with Gasteiger partial charge in [-0.25, -0.2) is 0 Å². The number of fused-ring (bicyclic) bond motifs is 1. The molecule has 0 bridgehead atoms. The predicted octanol–water partition coefficient (Wildman–Crippen LogP) is 3.88. The molecular weight excluding hydrogens is 262 g/mol. The lowest BCUT2D eigenvalue weighted by Crippen LogP contribution is -2.42. The number of ether oxygens (including phenoxy) is 1. The molecule has 21 heavy (non-hydrogen) atoms. The first kappa shape index (κ1) is 14.4. The van der Waals surface area contributed by atoms with Gasteiger partial charge in [-0.05, 0) is 63.3 Å². The Morgan fingerprint density at radius 3 is 2.67 bits per heavy atom. The first-order valence-electron chi connectivity index (χ1n) is 8.26. The normalized spacial score (nSPS) is 28.3. The maximum atomic E-state index is 12.9. The molecule has 0 N–H and O–H groups in total. The van der Waals surface area contributed by atoms with Crippen molar-refractivity contribution in [3.63, 3.8) is 0 Å². The second-order valence-electron chi connectivity index (χ2n) is 6.37. The molecule has 3 unspecified atom stereocenters. The number of carbonyl (C=O) groups is 1. The third kappa shape index (κ3) is 2.78. The topological polar surface area (TPSA) is 29.5 Å². The zero-order chi connectivity index (χ0) is 14.8. The van der Waals surface area contributed by atoms with Crippen LogP contribution in [0.15, 0.2) is 24.3 Å². The zero-order valence-electron chi connectivity index (χ0n) is 13.0. The standard InChI is InChI=1S/C18H25NO2/c1-3-21-16-10-8-14(9-11-16)18(20)19-13(2)12-15-6-4-5-7-17(15)19/h8-11,13,15,17H,3-7,12H2,1-2H3. The lowest BCUT2D eigenvalue weighted by Gasteiger charge is -2.33. The van der Waals surface area contributed by atoms with E-state index in [1.54, 1.807) is 0 Å². The number of rotatable bonds is 3. The highest BCUT2D eigenvalue weighted by atomic mass is 16.5. The molecule has 3 nitrogen and oxygen atoms in total. The van der Waals surface area contributed by atoms with Gasteiger partial charge in [0, 0.05) is 17.6 Å². The van der Waals surface area contributed by atoms with E-state index in [1.165, 1.54) is 32.1 Å². The van der Waals surface area contributed by atoms with Crippen molar-refractivity contribution in [1.29, 1.82) is 0 Å². The molecule has 1 aromatic rings. The summed E-state index contributed by atoms with van der Waals surface area (Å²) in [5.74, 6) is 1.75. The summed E-state index contributed by atoms with van der Waals surface area (Å²) in [5, 5.41) is 0. The van der Waals surface area contributed by atoms with Crippen LogP contribution in [0, 0.1) is 5.92 Å². The number of hydrogen-bond acceptors (Lipinski definition) is 2. The summed E-state index contributed by atoms with van der Waals surface area (Å²) in [6, 6.07) is 8.43. The number of benzene rings is 1. The van der Waals surface area contributed by atoms with Crippen LogP contribution in [0.5, 0.6) is 5.75 Å². The largest absolute Gasteiger partial charge is 0.494 e. The lowest BCUT2D eigenvalue weighted by molar-refractivity contribution is 0.0633. The van der Waals surface area contributed by atoms with E-state index < -0.39 is 0 Å². The van der Waals surface area contributed by atoms with Crippen LogP contribution in [0.1, 0.15) is 56.3 Å². The van der Waals surface area contributed by atoms with Crippen LogP contribution in [0.3, 0.4) is 0 Å². The Bertz CT molecular complexity index is 496. The van der Waals surface area contributed by atoms with Crippen LogP contribution in [-0.2, 0) is 0 Å². The van der Waals surface area contributed by atoms with Crippen molar-refractivity contribution < 1.29 is 9.53 Å². The van der Waals surface area contributed by atoms with E-state index in [1.807, 2.05) is 31.2 Å². The third-order valence-electron chi connectivity index (χ3n) is 4.99. The van der Waals surface area contributed by atoms with Gasteiger partial charge >= 0.3 is 0 Å². The average molecular weight is 287 g/mol. The minimum absolute atomic E-state index is 0.194. The molecule has 1 heterocycles. The molecule has 3 rings (SSSR count). The Hall–Kier alpha value is -1.51. The Morgan fingerprint density at radius 1 is 1.24 bits per heavy atom. The second kappa shape index (κ2) is 6.08. The second-order valence-corrected chi connectivity index (χ2v) is 6.37. The van der Waals surface area contributed by atoms with Crippen molar-refractivity contribution in [3.05, 3.63) is 29.8 Å². The lowest BCUT2D eigenvalue weighted by atomic mass is 9.85. The minimum Gasteiger partial charge on any atom is -0.494 e. The summed E-state index contributed by atoms with van der Waals surface area (Å²) >= 11 is 0. The van der Waals surface area contributed by atoms with E-state index in [0.717, 1.165) is 17.2 Å². The summed E-state index contributed by atoms with van der Waals surface area (Å²) in [6.45, 7) is 4.82. The maximum Gasteiger partial charge on any atom is 0.254 e. The molecule has 1 amide bonds. The first-order valence-corrected chi connectivity index (χ1v) is 8.26. The van der Waals surface area contributed by atoms with Gasteiger partial charge in [-0.2, -0.15) is 0 Å². The Labute approximate surface area is 127 Å². The summed E-state index contributed by atoms with van der Waals surface area (Å²) in [6.07, 6.45) is 6.24. The Balaban J connectivity index is 1.77. The third-order valence-corrected chi connectivity index (χ3v) is 4.99. The highest BCUT2D eigenvalue weighted by Crippen LogP contribution is 2.40. The van der Waals surface area contributed by atoms with Gasteiger partial charge in [-0.3, -0.25) is 4.79 Å². The number of nitrogens with zero attached hydrogens (tertiary/aromatic N) is 1. The monoisotopic (exact) mass is 287 g/mol. The summed E-state index contributed by atoms with van der Waals surface area (Å²) in [7, 11) is 0. The molecule has 0 spiro atoms. The van der Waals surface area contributed by atoms with Crippen LogP contribution in [0.4, 0.5) is 0 Å². The van der Waals surface area contributed by atoms with Crippen LogP contribution in [0.2, 0.25) is 0 Å². The number of amides is 1.